The number of likely N-dealkylation sites (tertiary alicyclic amines) is 1. The highest BCUT2D eigenvalue weighted by Gasteiger charge is 2.39. The summed E-state index contributed by atoms with van der Waals surface area (Å²) in [6.45, 7) is 12.5. The van der Waals surface area contributed by atoms with Crippen molar-refractivity contribution >= 4 is 6.03 Å². The molecule has 5 heteroatoms. The van der Waals surface area contributed by atoms with Gasteiger partial charge < -0.3 is 15.0 Å². The van der Waals surface area contributed by atoms with Crippen molar-refractivity contribution < 1.29 is 9.53 Å². The lowest BCUT2D eigenvalue weighted by atomic mass is 10.00. The van der Waals surface area contributed by atoms with Crippen molar-refractivity contribution in [2.24, 2.45) is 0 Å². The zero-order valence-electron chi connectivity index (χ0n) is 15.8. The Balaban J connectivity index is 1.91. The third-order valence-electron chi connectivity index (χ3n) is 5.44. The van der Waals surface area contributed by atoms with Gasteiger partial charge in [-0.15, -0.1) is 0 Å². The van der Waals surface area contributed by atoms with Gasteiger partial charge in [0.25, 0.3) is 0 Å². The summed E-state index contributed by atoms with van der Waals surface area (Å²) in [5.41, 5.74) is -0.209. The lowest BCUT2D eigenvalue weighted by molar-refractivity contribution is 0.00910. The van der Waals surface area contributed by atoms with Crippen LogP contribution in [-0.4, -0.2) is 65.8 Å². The van der Waals surface area contributed by atoms with Crippen LogP contribution < -0.4 is 5.32 Å². The Morgan fingerprint density at radius 2 is 1.87 bits per heavy atom. The first kappa shape index (κ1) is 18.5. The summed E-state index contributed by atoms with van der Waals surface area (Å²) in [7, 11) is 1.72. The Kier molecular flexibility index (Phi) is 5.95. The molecule has 0 spiro atoms. The minimum absolute atomic E-state index is 0.0839. The summed E-state index contributed by atoms with van der Waals surface area (Å²) < 4.78 is 5.46. The molecular formula is C18H35N3O2. The number of methoxy groups -OCH3 is 1. The molecule has 2 rings (SSSR count). The zero-order valence-corrected chi connectivity index (χ0v) is 15.8. The molecule has 2 fully saturated rings. The van der Waals surface area contributed by atoms with E-state index in [0.29, 0.717) is 18.1 Å². The number of rotatable bonds is 5. The van der Waals surface area contributed by atoms with Crippen molar-refractivity contribution in [2.45, 2.75) is 90.1 Å². The summed E-state index contributed by atoms with van der Waals surface area (Å²) >= 11 is 0. The average Bonchev–Trinajstić information content (AvgIpc) is 2.72. The second-order valence-electron chi connectivity index (χ2n) is 8.18. The van der Waals surface area contributed by atoms with Gasteiger partial charge in [0.2, 0.25) is 0 Å². The van der Waals surface area contributed by atoms with Gasteiger partial charge in [0.15, 0.2) is 0 Å². The number of amides is 2. The van der Waals surface area contributed by atoms with Crippen molar-refractivity contribution in [3.8, 4) is 0 Å². The van der Waals surface area contributed by atoms with Gasteiger partial charge >= 0.3 is 6.03 Å². The molecule has 0 aromatic heterocycles. The zero-order chi connectivity index (χ0) is 17.2. The second kappa shape index (κ2) is 7.39. The van der Waals surface area contributed by atoms with Gasteiger partial charge in [0.1, 0.15) is 0 Å². The van der Waals surface area contributed by atoms with E-state index in [9.17, 15) is 4.79 Å². The van der Waals surface area contributed by atoms with Crippen LogP contribution in [0, 0.1) is 0 Å². The van der Waals surface area contributed by atoms with E-state index < -0.39 is 0 Å². The summed E-state index contributed by atoms with van der Waals surface area (Å²) in [4.78, 5) is 17.3. The first-order valence-corrected chi connectivity index (χ1v) is 9.11. The quantitative estimate of drug-likeness (QED) is 0.845. The Morgan fingerprint density at radius 3 is 2.48 bits per heavy atom. The highest BCUT2D eigenvalue weighted by atomic mass is 16.5. The van der Waals surface area contributed by atoms with E-state index in [1.54, 1.807) is 7.11 Å². The van der Waals surface area contributed by atoms with Crippen LogP contribution in [0.1, 0.15) is 60.3 Å². The minimum Gasteiger partial charge on any atom is -0.379 e. The van der Waals surface area contributed by atoms with E-state index in [4.69, 9.17) is 4.74 Å². The summed E-state index contributed by atoms with van der Waals surface area (Å²) in [5.74, 6) is 0. The van der Waals surface area contributed by atoms with Gasteiger partial charge in [-0.25, -0.2) is 4.79 Å². The Hall–Kier alpha value is -0.810. The number of hydrogen-bond donors (Lipinski definition) is 1. The average molecular weight is 325 g/mol. The Bertz CT molecular complexity index is 411. The van der Waals surface area contributed by atoms with Gasteiger partial charge in [0, 0.05) is 44.4 Å². The number of urea groups is 1. The van der Waals surface area contributed by atoms with Gasteiger partial charge in [-0.05, 0) is 60.3 Å². The van der Waals surface area contributed by atoms with Crippen LogP contribution >= 0.6 is 0 Å². The van der Waals surface area contributed by atoms with Gasteiger partial charge in [-0.2, -0.15) is 0 Å². The molecule has 2 heterocycles. The molecule has 3 atom stereocenters. The molecule has 2 saturated heterocycles. The molecule has 2 aliphatic rings. The molecule has 0 saturated carbocycles. The minimum atomic E-state index is -0.209. The van der Waals surface area contributed by atoms with E-state index in [1.807, 2.05) is 4.90 Å². The number of carbonyl (C=O) groups excluding carboxylic acids is 1. The van der Waals surface area contributed by atoms with Crippen molar-refractivity contribution in [2.75, 3.05) is 20.2 Å². The largest absolute Gasteiger partial charge is 0.379 e. The van der Waals surface area contributed by atoms with E-state index in [-0.39, 0.29) is 17.7 Å². The maximum Gasteiger partial charge on any atom is 0.317 e. The fourth-order valence-corrected chi connectivity index (χ4v) is 4.31. The number of ether oxygens (including phenoxy) is 1. The van der Waals surface area contributed by atoms with Gasteiger partial charge in [-0.3, -0.25) is 4.90 Å². The molecule has 5 nitrogen and oxygen atoms in total. The first-order chi connectivity index (χ1) is 10.7. The van der Waals surface area contributed by atoms with Crippen LogP contribution in [0.25, 0.3) is 0 Å². The Labute approximate surface area is 141 Å². The highest BCUT2D eigenvalue weighted by Crippen LogP contribution is 2.32. The molecule has 1 N–H and O–H groups in total. The van der Waals surface area contributed by atoms with Crippen LogP contribution in [0.2, 0.25) is 0 Å². The predicted octanol–water partition coefficient (Wildman–Crippen LogP) is 2.85. The first-order valence-electron chi connectivity index (χ1n) is 9.11. The van der Waals surface area contributed by atoms with E-state index >= 15 is 0 Å². The molecule has 134 valence electrons. The summed E-state index contributed by atoms with van der Waals surface area (Å²) in [5, 5.41) is 3.16. The molecule has 0 radical (unpaired) electrons. The third kappa shape index (κ3) is 4.60. The number of nitrogens with zero attached hydrogens (tertiary/aromatic N) is 2. The molecule has 2 aliphatic heterocycles. The molecule has 0 aromatic carbocycles. The normalized spacial score (nSPS) is 27.2. The van der Waals surface area contributed by atoms with E-state index in [2.05, 4.69) is 44.8 Å². The predicted molar refractivity (Wildman–Crippen MR) is 93.7 cm³/mol. The molecule has 0 aliphatic carbocycles. The number of carbonyl (C=O) groups is 1. The van der Waals surface area contributed by atoms with Crippen molar-refractivity contribution in [3.63, 3.8) is 0 Å². The molecular weight excluding hydrogens is 290 g/mol. The summed E-state index contributed by atoms with van der Waals surface area (Å²) in [6.07, 6.45) is 4.42. The van der Waals surface area contributed by atoms with Crippen LogP contribution in [0.4, 0.5) is 4.79 Å². The van der Waals surface area contributed by atoms with E-state index in [1.165, 1.54) is 12.8 Å². The Morgan fingerprint density at radius 1 is 1.22 bits per heavy atom. The van der Waals surface area contributed by atoms with Crippen molar-refractivity contribution in [1.29, 1.82) is 0 Å². The molecule has 0 unspecified atom stereocenters. The van der Waals surface area contributed by atoms with Crippen LogP contribution in [-0.2, 0) is 4.74 Å². The number of nitrogens with one attached hydrogen (secondary N) is 1. The van der Waals surface area contributed by atoms with Gasteiger partial charge in [0.05, 0.1) is 5.60 Å². The van der Waals surface area contributed by atoms with Crippen molar-refractivity contribution in [3.05, 3.63) is 0 Å². The maximum atomic E-state index is 12.6. The topological polar surface area (TPSA) is 44.8 Å². The fraction of sp³-hybridized carbons (Fsp3) is 0.944. The van der Waals surface area contributed by atoms with Crippen molar-refractivity contribution in [1.82, 2.24) is 15.1 Å². The number of fused-ring (bicyclic) bond motifs is 2. The monoisotopic (exact) mass is 325 g/mol. The lowest BCUT2D eigenvalue weighted by Gasteiger charge is -2.32. The van der Waals surface area contributed by atoms with Crippen LogP contribution in [0.15, 0.2) is 0 Å². The third-order valence-corrected chi connectivity index (χ3v) is 5.44. The summed E-state index contributed by atoms with van der Waals surface area (Å²) in [6, 6.07) is 1.94. The van der Waals surface area contributed by atoms with Crippen LogP contribution in [0.3, 0.4) is 0 Å². The van der Waals surface area contributed by atoms with E-state index in [0.717, 1.165) is 25.9 Å². The molecule has 2 amide bonds. The highest BCUT2D eigenvalue weighted by molar-refractivity contribution is 5.74. The fourth-order valence-electron chi connectivity index (χ4n) is 4.31. The second-order valence-corrected chi connectivity index (χ2v) is 8.18. The van der Waals surface area contributed by atoms with Crippen LogP contribution in [0.5, 0.6) is 0 Å². The lowest BCUT2D eigenvalue weighted by Crippen LogP contribution is -2.49. The van der Waals surface area contributed by atoms with Gasteiger partial charge in [-0.1, -0.05) is 0 Å². The maximum absolute atomic E-state index is 12.6. The molecule has 2 bridgehead atoms. The number of hydrogen-bond acceptors (Lipinski definition) is 3. The molecule has 0 aromatic rings. The SMILES string of the molecule is COC(C)(C)C[C@H](C)NC(=O)N1CC[C@H]2CC[C@@H](C1)N2C(C)C. The standard InChI is InChI=1S/C18H35N3O2/c1-13(2)21-15-7-8-16(21)12-20(10-9-15)17(22)19-14(3)11-18(4,5)23-6/h13-16H,7-12H2,1-6H3,(H,19,22)/t14-,15+,16-/m0/s1. The molecule has 23 heavy (non-hydrogen) atoms. The smallest absolute Gasteiger partial charge is 0.317 e.